The zero-order valence-corrected chi connectivity index (χ0v) is 9.76. The van der Waals surface area contributed by atoms with Crippen LogP contribution in [-0.4, -0.2) is 14.6 Å². The number of nitrogen functional groups attached to an aromatic ring is 1. The van der Waals surface area contributed by atoms with E-state index >= 15 is 0 Å². The maximum Gasteiger partial charge on any atom is 0.226 e. The fraction of sp³-hybridized carbons (Fsp3) is 0. The molecule has 0 unspecified atom stereocenters. The second kappa shape index (κ2) is 4.03. The molecular weight excluding hydrogens is 232 g/mol. The van der Waals surface area contributed by atoms with Gasteiger partial charge in [-0.1, -0.05) is 12.2 Å². The number of aromatic nitrogens is 3. The lowest BCUT2D eigenvalue weighted by Crippen LogP contribution is -1.93. The van der Waals surface area contributed by atoms with E-state index in [2.05, 4.69) is 33.1 Å². The molecule has 3 rings (SSSR count). The van der Waals surface area contributed by atoms with E-state index in [0.29, 0.717) is 5.95 Å². The first kappa shape index (κ1) is 10.0. The van der Waals surface area contributed by atoms with Gasteiger partial charge in [-0.3, -0.25) is 4.40 Å². The van der Waals surface area contributed by atoms with E-state index < -0.39 is 0 Å². The van der Waals surface area contributed by atoms with Crippen LogP contribution in [0.5, 0.6) is 0 Å². The van der Waals surface area contributed by atoms with Crippen molar-refractivity contribution < 1.29 is 0 Å². The maximum atomic E-state index is 5.70. The molecule has 0 spiro atoms. The van der Waals surface area contributed by atoms with Crippen molar-refractivity contribution in [3.05, 3.63) is 46.3 Å². The van der Waals surface area contributed by atoms with Gasteiger partial charge in [-0.15, -0.1) is 10.2 Å². The van der Waals surface area contributed by atoms with Crippen LogP contribution in [0.1, 0.15) is 11.1 Å². The molecule has 3 aromatic heterocycles. The van der Waals surface area contributed by atoms with E-state index in [4.69, 9.17) is 5.73 Å². The standard InChI is InChI=1S/C12H10N4S/c13-12-15-14-11-10(2-1-6-16(11)12)4-3-9-5-7-17-8-9/h1-8H,(H2,13,15)/b4-3+. The Morgan fingerprint density at radius 2 is 2.18 bits per heavy atom. The summed E-state index contributed by atoms with van der Waals surface area (Å²) in [6, 6.07) is 5.99. The van der Waals surface area contributed by atoms with Gasteiger partial charge < -0.3 is 5.73 Å². The molecule has 3 aromatic rings. The summed E-state index contributed by atoms with van der Waals surface area (Å²) in [5, 5.41) is 12.1. The van der Waals surface area contributed by atoms with E-state index in [9.17, 15) is 0 Å². The molecule has 0 saturated carbocycles. The number of fused-ring (bicyclic) bond motifs is 1. The Balaban J connectivity index is 2.06. The highest BCUT2D eigenvalue weighted by molar-refractivity contribution is 7.08. The first-order valence-corrected chi connectivity index (χ1v) is 6.08. The molecule has 0 radical (unpaired) electrons. The quantitative estimate of drug-likeness (QED) is 0.751. The normalized spacial score (nSPS) is 11.5. The van der Waals surface area contributed by atoms with Crippen LogP contribution in [0.15, 0.2) is 35.2 Å². The van der Waals surface area contributed by atoms with Crippen molar-refractivity contribution in [2.75, 3.05) is 5.73 Å². The Morgan fingerprint density at radius 1 is 1.24 bits per heavy atom. The van der Waals surface area contributed by atoms with Crippen molar-refractivity contribution in [2.24, 2.45) is 0 Å². The van der Waals surface area contributed by atoms with Gasteiger partial charge in [0.2, 0.25) is 5.95 Å². The zero-order chi connectivity index (χ0) is 11.7. The number of hydrogen-bond acceptors (Lipinski definition) is 4. The summed E-state index contributed by atoms with van der Waals surface area (Å²) in [5.74, 6) is 0.408. The highest BCUT2D eigenvalue weighted by Gasteiger charge is 2.03. The number of pyridine rings is 1. The van der Waals surface area contributed by atoms with Gasteiger partial charge in [-0.2, -0.15) is 11.3 Å². The Labute approximate surface area is 102 Å². The maximum absolute atomic E-state index is 5.70. The van der Waals surface area contributed by atoms with Crippen molar-refractivity contribution in [1.29, 1.82) is 0 Å². The minimum atomic E-state index is 0.408. The molecule has 0 bridgehead atoms. The Kier molecular flexibility index (Phi) is 2.38. The summed E-state index contributed by atoms with van der Waals surface area (Å²) in [7, 11) is 0. The van der Waals surface area contributed by atoms with Crippen molar-refractivity contribution in [1.82, 2.24) is 14.6 Å². The lowest BCUT2D eigenvalue weighted by atomic mass is 10.2. The lowest BCUT2D eigenvalue weighted by molar-refractivity contribution is 1.12. The summed E-state index contributed by atoms with van der Waals surface area (Å²) in [5.41, 5.74) is 8.66. The SMILES string of the molecule is Nc1nnc2c(/C=C/c3ccsc3)cccn12. The zero-order valence-electron chi connectivity index (χ0n) is 8.95. The number of anilines is 1. The number of thiophene rings is 1. The lowest BCUT2D eigenvalue weighted by Gasteiger charge is -1.97. The number of hydrogen-bond donors (Lipinski definition) is 1. The number of nitrogens with zero attached hydrogens (tertiary/aromatic N) is 3. The van der Waals surface area contributed by atoms with Crippen LogP contribution in [0.4, 0.5) is 5.95 Å². The number of rotatable bonds is 2. The molecule has 2 N–H and O–H groups in total. The van der Waals surface area contributed by atoms with Crippen molar-refractivity contribution in [3.8, 4) is 0 Å². The molecule has 17 heavy (non-hydrogen) atoms. The van der Waals surface area contributed by atoms with Gasteiger partial charge in [0, 0.05) is 11.8 Å². The fourth-order valence-corrected chi connectivity index (χ4v) is 2.27. The Hall–Kier alpha value is -2.14. The fourth-order valence-electron chi connectivity index (χ4n) is 1.64. The highest BCUT2D eigenvalue weighted by atomic mass is 32.1. The smallest absolute Gasteiger partial charge is 0.226 e. The number of nitrogens with two attached hydrogens (primary N) is 1. The molecule has 0 aromatic carbocycles. The monoisotopic (exact) mass is 242 g/mol. The van der Waals surface area contributed by atoms with E-state index in [1.165, 1.54) is 5.56 Å². The third-order valence-electron chi connectivity index (χ3n) is 2.49. The topological polar surface area (TPSA) is 56.2 Å². The third-order valence-corrected chi connectivity index (χ3v) is 3.19. The van der Waals surface area contributed by atoms with Crippen molar-refractivity contribution in [2.45, 2.75) is 0 Å². The molecule has 3 heterocycles. The van der Waals surface area contributed by atoms with E-state index in [1.807, 2.05) is 24.4 Å². The Bertz CT molecular complexity index is 667. The molecule has 4 nitrogen and oxygen atoms in total. The summed E-state index contributed by atoms with van der Waals surface area (Å²) in [6.07, 6.45) is 5.93. The molecule has 0 saturated heterocycles. The summed E-state index contributed by atoms with van der Waals surface area (Å²) in [4.78, 5) is 0. The molecule has 5 heteroatoms. The predicted molar refractivity (Wildman–Crippen MR) is 70.6 cm³/mol. The molecule has 0 aliphatic heterocycles. The molecule has 0 atom stereocenters. The van der Waals surface area contributed by atoms with Gasteiger partial charge >= 0.3 is 0 Å². The molecule has 0 aliphatic carbocycles. The highest BCUT2D eigenvalue weighted by Crippen LogP contribution is 2.15. The first-order valence-electron chi connectivity index (χ1n) is 5.14. The second-order valence-electron chi connectivity index (χ2n) is 3.61. The van der Waals surface area contributed by atoms with E-state index in [-0.39, 0.29) is 0 Å². The molecule has 0 amide bonds. The summed E-state index contributed by atoms with van der Waals surface area (Å²) in [6.45, 7) is 0. The van der Waals surface area contributed by atoms with Crippen LogP contribution in [0.3, 0.4) is 0 Å². The van der Waals surface area contributed by atoms with E-state index in [1.54, 1.807) is 15.7 Å². The van der Waals surface area contributed by atoms with Gasteiger partial charge in [0.1, 0.15) is 0 Å². The van der Waals surface area contributed by atoms with Crippen molar-refractivity contribution >= 4 is 35.1 Å². The average Bonchev–Trinajstić information content (AvgIpc) is 2.97. The van der Waals surface area contributed by atoms with Gasteiger partial charge in [-0.05, 0) is 34.5 Å². The van der Waals surface area contributed by atoms with Crippen LogP contribution in [-0.2, 0) is 0 Å². The largest absolute Gasteiger partial charge is 0.368 e. The molecule has 84 valence electrons. The van der Waals surface area contributed by atoms with Crippen LogP contribution in [0.2, 0.25) is 0 Å². The van der Waals surface area contributed by atoms with Crippen LogP contribution >= 0.6 is 11.3 Å². The van der Waals surface area contributed by atoms with E-state index in [0.717, 1.165) is 11.2 Å². The summed E-state index contributed by atoms with van der Waals surface area (Å²) < 4.78 is 1.77. The molecular formula is C12H10N4S. The van der Waals surface area contributed by atoms with Crippen molar-refractivity contribution in [3.63, 3.8) is 0 Å². The van der Waals surface area contributed by atoms with Gasteiger partial charge in [0.25, 0.3) is 0 Å². The molecule has 0 fully saturated rings. The van der Waals surface area contributed by atoms with Gasteiger partial charge in [0.15, 0.2) is 5.65 Å². The van der Waals surface area contributed by atoms with Crippen LogP contribution in [0, 0.1) is 0 Å². The minimum Gasteiger partial charge on any atom is -0.368 e. The van der Waals surface area contributed by atoms with Crippen LogP contribution < -0.4 is 5.73 Å². The Morgan fingerprint density at radius 3 is 3.00 bits per heavy atom. The predicted octanol–water partition coefficient (Wildman–Crippen LogP) is 2.54. The third kappa shape index (κ3) is 1.81. The first-order chi connectivity index (χ1) is 8.34. The van der Waals surface area contributed by atoms with Crippen LogP contribution in [0.25, 0.3) is 17.8 Å². The molecule has 0 aliphatic rings. The average molecular weight is 242 g/mol. The second-order valence-corrected chi connectivity index (χ2v) is 4.39. The van der Waals surface area contributed by atoms with Gasteiger partial charge in [0.05, 0.1) is 0 Å². The van der Waals surface area contributed by atoms with Gasteiger partial charge in [-0.25, -0.2) is 0 Å². The summed E-state index contributed by atoms with van der Waals surface area (Å²) >= 11 is 1.68. The minimum absolute atomic E-state index is 0.408.